The molecule has 1 amide bonds. The maximum absolute atomic E-state index is 12.2. The zero-order chi connectivity index (χ0) is 21.1. The molecule has 2 aromatic carbocycles. The molecule has 0 aliphatic carbocycles. The smallest absolute Gasteiger partial charge is 0.250 e. The lowest BCUT2D eigenvalue weighted by Gasteiger charge is -2.30. The van der Waals surface area contributed by atoms with Crippen molar-refractivity contribution in [3.8, 4) is 11.1 Å². The van der Waals surface area contributed by atoms with Crippen LogP contribution in [0, 0.1) is 0 Å². The fraction of sp³-hybridized carbons (Fsp3) is 0.348. The Hall–Kier alpha value is -2.09. The van der Waals surface area contributed by atoms with Crippen molar-refractivity contribution in [1.82, 2.24) is 9.29 Å². The molecule has 158 valence electrons. The second-order valence-electron chi connectivity index (χ2n) is 7.56. The van der Waals surface area contributed by atoms with E-state index >= 15 is 0 Å². The molecule has 0 radical (unpaired) electrons. The quantitative estimate of drug-likeness (QED) is 0.425. The first-order valence-corrected chi connectivity index (χ1v) is 12.5. The van der Waals surface area contributed by atoms with Gasteiger partial charge in [-0.05, 0) is 59.7 Å². The van der Waals surface area contributed by atoms with Gasteiger partial charge in [-0.3, -0.25) is 9.10 Å². The number of primary amides is 1. The van der Waals surface area contributed by atoms with E-state index in [1.165, 1.54) is 5.56 Å². The third kappa shape index (κ3) is 4.33. The summed E-state index contributed by atoms with van der Waals surface area (Å²) in [6, 6.07) is 12.4. The molecule has 0 bridgehead atoms. The summed E-state index contributed by atoms with van der Waals surface area (Å²) in [4.78, 5) is 15.6. The lowest BCUT2D eigenvalue weighted by molar-refractivity contribution is 0.100. The van der Waals surface area contributed by atoms with E-state index in [9.17, 15) is 4.79 Å². The van der Waals surface area contributed by atoms with E-state index in [2.05, 4.69) is 45.3 Å². The predicted octanol–water partition coefficient (Wildman–Crippen LogP) is 5.47. The summed E-state index contributed by atoms with van der Waals surface area (Å²) in [5.74, 6) is 1.21. The van der Waals surface area contributed by atoms with Crippen LogP contribution >= 0.6 is 23.9 Å². The van der Waals surface area contributed by atoms with Gasteiger partial charge in [-0.2, -0.15) is 0 Å². The summed E-state index contributed by atoms with van der Waals surface area (Å²) in [5.41, 5.74) is 11.6. The van der Waals surface area contributed by atoms with Crippen LogP contribution in [0.3, 0.4) is 0 Å². The summed E-state index contributed by atoms with van der Waals surface area (Å²) in [6.07, 6.45) is 6.34. The molecule has 0 spiro atoms. The van der Waals surface area contributed by atoms with Gasteiger partial charge in [0.2, 0.25) is 0 Å². The molecule has 1 aliphatic heterocycles. The van der Waals surface area contributed by atoms with Crippen LogP contribution in [0.4, 0.5) is 5.69 Å². The highest BCUT2D eigenvalue weighted by Crippen LogP contribution is 2.38. The predicted molar refractivity (Wildman–Crippen MR) is 131 cm³/mol. The Morgan fingerprint density at radius 3 is 2.73 bits per heavy atom. The first-order valence-electron chi connectivity index (χ1n) is 10.3. The highest BCUT2D eigenvalue weighted by Gasteiger charge is 2.24. The molecule has 3 aromatic rings. The van der Waals surface area contributed by atoms with Crippen LogP contribution < -0.4 is 10.5 Å². The number of carbonyl (C=O) groups excluding carboxylic acids is 1. The first-order chi connectivity index (χ1) is 14.6. The molecule has 1 fully saturated rings. The lowest BCUT2D eigenvalue weighted by Crippen LogP contribution is -2.27. The highest BCUT2D eigenvalue weighted by atomic mass is 32.2. The standard InChI is InChI=1S/C23H28N4OS2/c1-3-30-27-9-7-15(8-10-27)21-14-25-22-19(21)12-17(13-20(22)23(24)28)16-5-4-6-18(11-16)26-29-2/h4-6,11-15,25-26H,3,7-10H2,1-2H3,(H2,24,28). The number of nitrogens with one attached hydrogen (secondary N) is 2. The topological polar surface area (TPSA) is 74.1 Å². The third-order valence-corrected chi connectivity index (χ3v) is 7.14. The number of aromatic nitrogens is 1. The van der Waals surface area contributed by atoms with Gasteiger partial charge in [0.05, 0.1) is 11.1 Å². The van der Waals surface area contributed by atoms with Crippen LogP contribution in [-0.2, 0) is 0 Å². The van der Waals surface area contributed by atoms with Crippen molar-refractivity contribution in [1.29, 1.82) is 0 Å². The molecule has 0 saturated carbocycles. The van der Waals surface area contributed by atoms with Gasteiger partial charge < -0.3 is 15.4 Å². The molecular formula is C23H28N4OS2. The van der Waals surface area contributed by atoms with Gasteiger partial charge in [-0.1, -0.05) is 43.0 Å². The largest absolute Gasteiger partial charge is 0.366 e. The summed E-state index contributed by atoms with van der Waals surface area (Å²) >= 11 is 3.48. The van der Waals surface area contributed by atoms with Gasteiger partial charge in [0.1, 0.15) is 0 Å². The molecule has 1 aromatic heterocycles. The van der Waals surface area contributed by atoms with Gasteiger partial charge in [0.25, 0.3) is 5.91 Å². The van der Waals surface area contributed by atoms with E-state index < -0.39 is 5.91 Å². The number of piperidine rings is 1. The minimum absolute atomic E-state index is 0.400. The number of fused-ring (bicyclic) bond motifs is 1. The average molecular weight is 441 g/mol. The van der Waals surface area contributed by atoms with E-state index in [-0.39, 0.29) is 0 Å². The van der Waals surface area contributed by atoms with E-state index in [1.54, 1.807) is 11.9 Å². The van der Waals surface area contributed by atoms with Crippen molar-refractivity contribution < 1.29 is 4.79 Å². The Morgan fingerprint density at radius 1 is 1.23 bits per heavy atom. The monoisotopic (exact) mass is 440 g/mol. The molecule has 0 atom stereocenters. The second kappa shape index (κ2) is 9.37. The van der Waals surface area contributed by atoms with Crippen molar-refractivity contribution in [2.75, 3.05) is 29.8 Å². The van der Waals surface area contributed by atoms with Crippen LogP contribution in [0.25, 0.3) is 22.0 Å². The van der Waals surface area contributed by atoms with Crippen LogP contribution in [0.2, 0.25) is 0 Å². The fourth-order valence-electron chi connectivity index (χ4n) is 4.31. The molecule has 0 unspecified atom stereocenters. The van der Waals surface area contributed by atoms with Crippen molar-refractivity contribution in [2.24, 2.45) is 5.73 Å². The normalized spacial score (nSPS) is 15.5. The third-order valence-electron chi connectivity index (χ3n) is 5.71. The molecule has 1 aliphatic rings. The number of hydrogen-bond acceptors (Lipinski definition) is 5. The molecule has 4 rings (SSSR count). The number of anilines is 1. The SMILES string of the molecule is CCSN1CCC(c2c[nH]c3c(C(N)=O)cc(-c4cccc(NSC)c4)cc23)CC1. The number of hydrogen-bond donors (Lipinski definition) is 3. The maximum atomic E-state index is 12.2. The first kappa shape index (κ1) is 21.2. The highest BCUT2D eigenvalue weighted by molar-refractivity contribution is 7.99. The number of carbonyl (C=O) groups is 1. The minimum Gasteiger partial charge on any atom is -0.366 e. The fourth-order valence-corrected chi connectivity index (χ4v) is 5.51. The molecule has 1 saturated heterocycles. The van der Waals surface area contributed by atoms with E-state index in [1.807, 2.05) is 36.4 Å². The van der Waals surface area contributed by atoms with E-state index in [4.69, 9.17) is 5.73 Å². The Bertz CT molecular complexity index is 1040. The van der Waals surface area contributed by atoms with Gasteiger partial charge in [-0.15, -0.1) is 0 Å². The molecular weight excluding hydrogens is 412 g/mol. The van der Waals surface area contributed by atoms with Crippen LogP contribution in [0.1, 0.15) is 41.6 Å². The van der Waals surface area contributed by atoms with Crippen LogP contribution in [-0.4, -0.2) is 40.3 Å². The van der Waals surface area contributed by atoms with Crippen LogP contribution in [0.5, 0.6) is 0 Å². The van der Waals surface area contributed by atoms with E-state index in [0.717, 1.165) is 59.4 Å². The van der Waals surface area contributed by atoms with Gasteiger partial charge in [-0.25, -0.2) is 0 Å². The summed E-state index contributed by atoms with van der Waals surface area (Å²) in [7, 11) is 0. The number of rotatable bonds is 7. The van der Waals surface area contributed by atoms with Crippen LogP contribution in [0.15, 0.2) is 42.6 Å². The molecule has 2 heterocycles. The lowest BCUT2D eigenvalue weighted by atomic mass is 9.88. The van der Waals surface area contributed by atoms with Gasteiger partial charge in [0, 0.05) is 42.4 Å². The summed E-state index contributed by atoms with van der Waals surface area (Å²) in [6.45, 7) is 4.40. The van der Waals surface area contributed by atoms with Gasteiger partial charge in [0.15, 0.2) is 0 Å². The summed E-state index contributed by atoms with van der Waals surface area (Å²) in [5, 5.41) is 1.12. The van der Waals surface area contributed by atoms with Crippen molar-refractivity contribution in [3.63, 3.8) is 0 Å². The minimum atomic E-state index is -0.400. The second-order valence-corrected chi connectivity index (χ2v) is 9.53. The molecule has 30 heavy (non-hydrogen) atoms. The zero-order valence-electron chi connectivity index (χ0n) is 17.4. The Morgan fingerprint density at radius 2 is 2.03 bits per heavy atom. The zero-order valence-corrected chi connectivity index (χ0v) is 19.0. The maximum Gasteiger partial charge on any atom is 0.250 e. The molecule has 5 nitrogen and oxygen atoms in total. The number of nitrogens with two attached hydrogens (primary N) is 1. The van der Waals surface area contributed by atoms with Gasteiger partial charge >= 0.3 is 0 Å². The number of nitrogens with zero attached hydrogens (tertiary/aromatic N) is 1. The number of amides is 1. The molecule has 4 N–H and O–H groups in total. The number of benzene rings is 2. The van der Waals surface area contributed by atoms with Crippen molar-refractivity contribution in [2.45, 2.75) is 25.7 Å². The number of aromatic amines is 1. The Labute approximate surface area is 186 Å². The summed E-state index contributed by atoms with van der Waals surface area (Å²) < 4.78 is 5.75. The Balaban J connectivity index is 1.74. The van der Waals surface area contributed by atoms with E-state index in [0.29, 0.717) is 11.5 Å². The Kier molecular flexibility index (Phi) is 6.61. The number of H-pyrrole nitrogens is 1. The van der Waals surface area contributed by atoms with Crippen molar-refractivity contribution in [3.05, 3.63) is 53.7 Å². The molecule has 7 heteroatoms. The van der Waals surface area contributed by atoms with Crippen molar-refractivity contribution >= 4 is 46.4 Å². The average Bonchev–Trinajstić information content (AvgIpc) is 3.18.